The van der Waals surface area contributed by atoms with Crippen LogP contribution in [0.15, 0.2) is 113 Å². The lowest BCUT2D eigenvalue weighted by Crippen LogP contribution is -2.10. The molecule has 6 aromatic heterocycles. The summed E-state index contributed by atoms with van der Waals surface area (Å²) in [5.41, 5.74) is 14.0. The van der Waals surface area contributed by atoms with Gasteiger partial charge < -0.3 is 23.1 Å². The minimum absolute atomic E-state index is 0.817. The standard InChI is InChI=1S/C22H24N4O.C19H17N3O/c1-15-21(16(2)27-24-15)18-10-20-22(23-11-18)19(13-25(3)4)14-26(20)12-17-8-6-5-7-9-17;1-13-19(14(2)23-21-13)16-10-18-17(20-11-16)8-9-22(18)12-15-6-4-3-5-7-15/h5-11,14H,12-13H2,1-4H3;3-11H,12H2,1-2H3. The van der Waals surface area contributed by atoms with Crippen LogP contribution in [0.5, 0.6) is 0 Å². The first-order valence-electron chi connectivity index (χ1n) is 16.8. The molecule has 9 heteroatoms. The zero-order chi connectivity index (χ0) is 34.8. The Bertz CT molecular complexity index is 2340. The molecule has 252 valence electrons. The predicted octanol–water partition coefficient (Wildman–Crippen LogP) is 8.77. The third kappa shape index (κ3) is 6.73. The summed E-state index contributed by atoms with van der Waals surface area (Å²) in [6.07, 6.45) is 8.13. The van der Waals surface area contributed by atoms with Gasteiger partial charge in [-0.05, 0) is 71.1 Å². The molecule has 0 unspecified atom stereocenters. The van der Waals surface area contributed by atoms with Crippen LogP contribution in [-0.4, -0.2) is 48.4 Å². The molecule has 0 radical (unpaired) electrons. The first-order chi connectivity index (χ1) is 24.2. The summed E-state index contributed by atoms with van der Waals surface area (Å²) in [6, 6.07) is 27.4. The van der Waals surface area contributed by atoms with Crippen LogP contribution in [0, 0.1) is 27.7 Å². The van der Waals surface area contributed by atoms with Crippen LogP contribution in [0.3, 0.4) is 0 Å². The van der Waals surface area contributed by atoms with E-state index in [0.717, 1.165) is 86.9 Å². The van der Waals surface area contributed by atoms with E-state index in [1.165, 1.54) is 16.7 Å². The van der Waals surface area contributed by atoms with Crippen LogP contribution in [-0.2, 0) is 19.6 Å². The minimum Gasteiger partial charge on any atom is -0.361 e. The molecular formula is C41H41N7O2. The van der Waals surface area contributed by atoms with E-state index in [1.807, 2.05) is 52.2 Å². The second-order valence-electron chi connectivity index (χ2n) is 13.1. The van der Waals surface area contributed by atoms with Crippen molar-refractivity contribution in [3.8, 4) is 22.3 Å². The molecule has 0 amide bonds. The molecule has 9 nitrogen and oxygen atoms in total. The van der Waals surface area contributed by atoms with E-state index in [0.29, 0.717) is 0 Å². The van der Waals surface area contributed by atoms with Gasteiger partial charge in [0.15, 0.2) is 0 Å². The van der Waals surface area contributed by atoms with Crippen molar-refractivity contribution in [2.24, 2.45) is 0 Å². The first kappa shape index (κ1) is 32.7. The van der Waals surface area contributed by atoms with Crippen LogP contribution >= 0.6 is 0 Å². The lowest BCUT2D eigenvalue weighted by atomic mass is 10.1. The van der Waals surface area contributed by atoms with Crippen LogP contribution in [0.25, 0.3) is 44.3 Å². The number of benzene rings is 2. The molecule has 0 aliphatic rings. The quantitative estimate of drug-likeness (QED) is 0.161. The second kappa shape index (κ2) is 14.0. The van der Waals surface area contributed by atoms with Crippen LogP contribution in [0.2, 0.25) is 0 Å². The van der Waals surface area contributed by atoms with Gasteiger partial charge in [0.1, 0.15) is 11.5 Å². The lowest BCUT2D eigenvalue weighted by Gasteiger charge is -2.07. The van der Waals surface area contributed by atoms with E-state index in [9.17, 15) is 0 Å². The molecule has 6 heterocycles. The largest absolute Gasteiger partial charge is 0.361 e. The fraction of sp³-hybridized carbons (Fsp3) is 0.220. The lowest BCUT2D eigenvalue weighted by molar-refractivity contribution is 0.393. The maximum atomic E-state index is 5.35. The van der Waals surface area contributed by atoms with Gasteiger partial charge in [-0.15, -0.1) is 0 Å². The molecule has 0 bridgehead atoms. The number of aromatic nitrogens is 6. The molecule has 50 heavy (non-hydrogen) atoms. The Morgan fingerprint density at radius 1 is 0.640 bits per heavy atom. The Hall–Kier alpha value is -5.80. The van der Waals surface area contributed by atoms with E-state index in [4.69, 9.17) is 14.0 Å². The summed E-state index contributed by atoms with van der Waals surface area (Å²) in [5, 5.41) is 8.13. The molecule has 0 spiro atoms. The van der Waals surface area contributed by atoms with Crippen molar-refractivity contribution >= 4 is 22.1 Å². The van der Waals surface area contributed by atoms with Crippen molar-refractivity contribution in [3.05, 3.63) is 143 Å². The molecule has 0 aliphatic heterocycles. The van der Waals surface area contributed by atoms with Gasteiger partial charge in [-0.2, -0.15) is 0 Å². The van der Waals surface area contributed by atoms with Gasteiger partial charge in [-0.3, -0.25) is 9.97 Å². The summed E-state index contributed by atoms with van der Waals surface area (Å²) in [7, 11) is 4.16. The predicted molar refractivity (Wildman–Crippen MR) is 198 cm³/mol. The Balaban J connectivity index is 0.000000159. The number of fused-ring (bicyclic) bond motifs is 2. The van der Waals surface area contributed by atoms with Crippen molar-refractivity contribution in [1.29, 1.82) is 0 Å². The minimum atomic E-state index is 0.817. The number of hydrogen-bond acceptors (Lipinski definition) is 7. The number of rotatable bonds is 8. The monoisotopic (exact) mass is 663 g/mol. The smallest absolute Gasteiger partial charge is 0.141 e. The summed E-state index contributed by atoms with van der Waals surface area (Å²) in [5.74, 6) is 1.65. The molecular weight excluding hydrogens is 622 g/mol. The van der Waals surface area contributed by atoms with Gasteiger partial charge in [0.25, 0.3) is 0 Å². The Kier molecular flexibility index (Phi) is 9.15. The molecule has 0 N–H and O–H groups in total. The highest BCUT2D eigenvalue weighted by Crippen LogP contribution is 2.31. The maximum Gasteiger partial charge on any atom is 0.141 e. The number of pyridine rings is 2. The van der Waals surface area contributed by atoms with Gasteiger partial charge in [0, 0.05) is 72.2 Å². The van der Waals surface area contributed by atoms with Crippen molar-refractivity contribution in [2.45, 2.75) is 47.3 Å². The van der Waals surface area contributed by atoms with Crippen molar-refractivity contribution in [3.63, 3.8) is 0 Å². The van der Waals surface area contributed by atoms with Crippen LogP contribution in [0.4, 0.5) is 0 Å². The average molecular weight is 664 g/mol. The van der Waals surface area contributed by atoms with Gasteiger partial charge in [-0.1, -0.05) is 71.0 Å². The van der Waals surface area contributed by atoms with Gasteiger partial charge in [-0.25, -0.2) is 0 Å². The molecule has 0 fully saturated rings. The molecule has 0 atom stereocenters. The third-order valence-electron chi connectivity index (χ3n) is 8.93. The van der Waals surface area contributed by atoms with E-state index in [-0.39, 0.29) is 0 Å². The van der Waals surface area contributed by atoms with E-state index in [2.05, 4.69) is 123 Å². The molecule has 0 aliphatic carbocycles. The van der Waals surface area contributed by atoms with Crippen molar-refractivity contribution in [2.75, 3.05) is 14.1 Å². The highest BCUT2D eigenvalue weighted by atomic mass is 16.5. The van der Waals surface area contributed by atoms with Crippen molar-refractivity contribution < 1.29 is 9.05 Å². The highest BCUT2D eigenvalue weighted by Gasteiger charge is 2.17. The van der Waals surface area contributed by atoms with Gasteiger partial charge >= 0.3 is 0 Å². The normalized spacial score (nSPS) is 11.4. The van der Waals surface area contributed by atoms with Crippen LogP contribution in [0.1, 0.15) is 39.6 Å². The summed E-state index contributed by atoms with van der Waals surface area (Å²) in [6.45, 7) is 10.3. The van der Waals surface area contributed by atoms with E-state index >= 15 is 0 Å². The third-order valence-corrected chi connectivity index (χ3v) is 8.93. The first-order valence-corrected chi connectivity index (χ1v) is 16.8. The Labute approximate surface area is 291 Å². The number of aryl methyl sites for hydroxylation is 4. The zero-order valence-corrected chi connectivity index (χ0v) is 29.4. The summed E-state index contributed by atoms with van der Waals surface area (Å²) >= 11 is 0. The van der Waals surface area contributed by atoms with Crippen molar-refractivity contribution in [1.82, 2.24) is 34.3 Å². The molecule has 8 rings (SSSR count). The van der Waals surface area contributed by atoms with Crippen LogP contribution < -0.4 is 0 Å². The van der Waals surface area contributed by atoms with E-state index in [1.54, 1.807) is 0 Å². The molecule has 0 saturated heterocycles. The molecule has 8 aromatic rings. The highest BCUT2D eigenvalue weighted by molar-refractivity contribution is 5.85. The number of hydrogen-bond donors (Lipinski definition) is 0. The maximum absolute atomic E-state index is 5.35. The van der Waals surface area contributed by atoms with Gasteiger partial charge in [0.05, 0.1) is 33.5 Å². The summed E-state index contributed by atoms with van der Waals surface area (Å²) in [4.78, 5) is 11.6. The Morgan fingerprint density at radius 3 is 1.72 bits per heavy atom. The second-order valence-corrected chi connectivity index (χ2v) is 13.1. The topological polar surface area (TPSA) is 90.9 Å². The fourth-order valence-corrected chi connectivity index (χ4v) is 6.65. The average Bonchev–Trinajstić information content (AvgIpc) is 3.86. The zero-order valence-electron chi connectivity index (χ0n) is 29.4. The summed E-state index contributed by atoms with van der Waals surface area (Å²) < 4.78 is 15.2. The number of nitrogens with zero attached hydrogens (tertiary/aromatic N) is 7. The van der Waals surface area contributed by atoms with E-state index < -0.39 is 0 Å². The molecule has 2 aromatic carbocycles. The van der Waals surface area contributed by atoms with Gasteiger partial charge in [0.2, 0.25) is 0 Å². The Morgan fingerprint density at radius 2 is 1.18 bits per heavy atom. The fourth-order valence-electron chi connectivity index (χ4n) is 6.65. The molecule has 0 saturated carbocycles. The SMILES string of the molecule is Cc1noc(C)c1-c1cnc2c(CN(C)C)cn(Cc3ccccc3)c2c1.Cc1noc(C)c1-c1cnc2ccn(Cc3ccccc3)c2c1.